The van der Waals surface area contributed by atoms with E-state index in [2.05, 4.69) is 20.3 Å². The number of pyridine rings is 1. The highest BCUT2D eigenvalue weighted by Gasteiger charge is 2.31. The molecule has 2 aromatic rings. The SMILES string of the molecule is O=C(NCc1cccnc1)NC1CCC(CNSc2cc(C(F)(F)F)ccc2Cl)CC1. The summed E-state index contributed by atoms with van der Waals surface area (Å²) in [5, 5.41) is 6.12. The van der Waals surface area contributed by atoms with Gasteiger partial charge in [0.05, 0.1) is 10.6 Å². The molecular weight excluding hydrogens is 449 g/mol. The molecule has 0 atom stereocenters. The first kappa shape index (κ1) is 23.7. The molecule has 31 heavy (non-hydrogen) atoms. The van der Waals surface area contributed by atoms with Gasteiger partial charge in [-0.2, -0.15) is 13.2 Å². The monoisotopic (exact) mass is 472 g/mol. The zero-order chi connectivity index (χ0) is 22.3. The van der Waals surface area contributed by atoms with Crippen molar-refractivity contribution in [3.63, 3.8) is 0 Å². The standard InChI is InChI=1S/C21H24ClF3N4OS/c22-18-8-5-16(21(23,24)25)10-19(18)31-28-13-14-3-6-17(7-4-14)29-20(30)27-12-15-2-1-9-26-11-15/h1-2,5,8-11,14,17,28H,3-4,6-7,12-13H2,(H2,27,29,30). The van der Waals surface area contributed by atoms with Crippen LogP contribution in [-0.4, -0.2) is 23.6 Å². The van der Waals surface area contributed by atoms with E-state index in [0.29, 0.717) is 23.9 Å². The van der Waals surface area contributed by atoms with Crippen molar-refractivity contribution in [3.05, 3.63) is 58.9 Å². The Balaban J connectivity index is 1.35. The number of rotatable bonds is 7. The van der Waals surface area contributed by atoms with E-state index in [1.165, 1.54) is 6.07 Å². The Hall–Kier alpha value is -1.97. The van der Waals surface area contributed by atoms with Gasteiger partial charge in [-0.05, 0) is 73.4 Å². The first-order valence-electron chi connectivity index (χ1n) is 10.0. The zero-order valence-electron chi connectivity index (χ0n) is 16.7. The van der Waals surface area contributed by atoms with Gasteiger partial charge in [0.1, 0.15) is 0 Å². The first-order valence-corrected chi connectivity index (χ1v) is 11.2. The first-order chi connectivity index (χ1) is 14.8. The van der Waals surface area contributed by atoms with Gasteiger partial charge in [0.25, 0.3) is 0 Å². The van der Waals surface area contributed by atoms with Crippen LogP contribution >= 0.6 is 23.5 Å². The number of urea groups is 1. The number of carbonyl (C=O) groups is 1. The number of benzene rings is 1. The molecule has 168 valence electrons. The summed E-state index contributed by atoms with van der Waals surface area (Å²) in [6, 6.07) is 6.96. The number of aromatic nitrogens is 1. The zero-order valence-corrected chi connectivity index (χ0v) is 18.3. The fourth-order valence-corrected chi connectivity index (χ4v) is 4.49. The lowest BCUT2D eigenvalue weighted by Crippen LogP contribution is -2.43. The third kappa shape index (κ3) is 7.59. The highest BCUT2D eigenvalue weighted by atomic mass is 35.5. The van der Waals surface area contributed by atoms with E-state index in [-0.39, 0.29) is 17.1 Å². The minimum absolute atomic E-state index is 0.121. The molecule has 1 heterocycles. The number of halogens is 4. The van der Waals surface area contributed by atoms with Crippen molar-refractivity contribution < 1.29 is 18.0 Å². The Morgan fingerprint density at radius 2 is 1.97 bits per heavy atom. The largest absolute Gasteiger partial charge is 0.416 e. The van der Waals surface area contributed by atoms with Crippen LogP contribution in [0.15, 0.2) is 47.6 Å². The number of nitrogens with zero attached hydrogens (tertiary/aromatic N) is 1. The van der Waals surface area contributed by atoms with Gasteiger partial charge in [-0.1, -0.05) is 17.7 Å². The van der Waals surface area contributed by atoms with Crippen LogP contribution in [-0.2, 0) is 12.7 Å². The second-order valence-electron chi connectivity index (χ2n) is 7.50. The number of nitrogens with one attached hydrogen (secondary N) is 3. The maximum atomic E-state index is 12.9. The molecule has 10 heteroatoms. The molecule has 1 fully saturated rings. The number of hydrogen-bond donors (Lipinski definition) is 3. The average molecular weight is 473 g/mol. The van der Waals surface area contributed by atoms with E-state index in [4.69, 9.17) is 11.6 Å². The summed E-state index contributed by atoms with van der Waals surface area (Å²) in [4.78, 5) is 16.4. The molecule has 2 amide bonds. The van der Waals surface area contributed by atoms with E-state index in [1.54, 1.807) is 12.4 Å². The minimum atomic E-state index is -4.39. The van der Waals surface area contributed by atoms with E-state index >= 15 is 0 Å². The maximum Gasteiger partial charge on any atom is 0.416 e. The molecule has 0 unspecified atom stereocenters. The Bertz CT molecular complexity index is 861. The summed E-state index contributed by atoms with van der Waals surface area (Å²) >= 11 is 7.14. The normalized spacial score (nSPS) is 19.1. The van der Waals surface area contributed by atoms with Gasteiger partial charge in [-0.25, -0.2) is 4.79 Å². The van der Waals surface area contributed by atoms with Gasteiger partial charge < -0.3 is 10.6 Å². The number of alkyl halides is 3. The lowest BCUT2D eigenvalue weighted by atomic mass is 9.86. The smallest absolute Gasteiger partial charge is 0.335 e. The Morgan fingerprint density at radius 3 is 2.65 bits per heavy atom. The molecule has 0 bridgehead atoms. The molecule has 1 aliphatic rings. The van der Waals surface area contributed by atoms with Crippen molar-refractivity contribution in [2.24, 2.45) is 5.92 Å². The molecule has 0 radical (unpaired) electrons. The van der Waals surface area contributed by atoms with Crippen molar-refractivity contribution in [1.29, 1.82) is 0 Å². The quantitative estimate of drug-likeness (QED) is 0.471. The number of amides is 2. The molecule has 1 aliphatic carbocycles. The number of hydrogen-bond acceptors (Lipinski definition) is 4. The van der Waals surface area contributed by atoms with Gasteiger partial charge >= 0.3 is 12.2 Å². The average Bonchev–Trinajstić information content (AvgIpc) is 2.75. The van der Waals surface area contributed by atoms with Gasteiger partial charge in [0, 0.05) is 36.4 Å². The number of carbonyl (C=O) groups excluding carboxylic acids is 1. The van der Waals surface area contributed by atoms with Crippen LogP contribution < -0.4 is 15.4 Å². The van der Waals surface area contributed by atoms with Crippen molar-refractivity contribution in [2.45, 2.75) is 49.3 Å². The van der Waals surface area contributed by atoms with Crippen molar-refractivity contribution in [3.8, 4) is 0 Å². The molecule has 1 saturated carbocycles. The van der Waals surface area contributed by atoms with Crippen LogP contribution in [0.3, 0.4) is 0 Å². The minimum Gasteiger partial charge on any atom is -0.335 e. The molecule has 0 spiro atoms. The van der Waals surface area contributed by atoms with Gasteiger partial charge in [0.2, 0.25) is 0 Å². The fraction of sp³-hybridized carbons (Fsp3) is 0.429. The molecule has 0 saturated heterocycles. The molecule has 1 aromatic heterocycles. The summed E-state index contributed by atoms with van der Waals surface area (Å²) in [6.07, 6.45) is 2.58. The van der Waals surface area contributed by atoms with E-state index in [1.807, 2.05) is 12.1 Å². The molecule has 3 N–H and O–H groups in total. The summed E-state index contributed by atoms with van der Waals surface area (Å²) in [6.45, 7) is 1.09. The van der Waals surface area contributed by atoms with Crippen LogP contribution in [0.2, 0.25) is 5.02 Å². The van der Waals surface area contributed by atoms with Gasteiger partial charge in [-0.3, -0.25) is 9.71 Å². The van der Waals surface area contributed by atoms with Crippen molar-refractivity contribution >= 4 is 29.6 Å². The van der Waals surface area contributed by atoms with E-state index in [9.17, 15) is 18.0 Å². The van der Waals surface area contributed by atoms with Crippen LogP contribution in [0.4, 0.5) is 18.0 Å². The highest BCUT2D eigenvalue weighted by Crippen LogP contribution is 2.35. The Morgan fingerprint density at radius 1 is 1.19 bits per heavy atom. The predicted molar refractivity (Wildman–Crippen MR) is 116 cm³/mol. The fourth-order valence-electron chi connectivity index (χ4n) is 3.43. The second-order valence-corrected chi connectivity index (χ2v) is 8.84. The summed E-state index contributed by atoms with van der Waals surface area (Å²) < 4.78 is 41.7. The summed E-state index contributed by atoms with van der Waals surface area (Å²) in [7, 11) is 0. The molecular formula is C21H24ClF3N4OS. The third-order valence-corrected chi connectivity index (χ3v) is 6.48. The van der Waals surface area contributed by atoms with E-state index in [0.717, 1.165) is 55.3 Å². The van der Waals surface area contributed by atoms with Crippen molar-refractivity contribution in [2.75, 3.05) is 6.54 Å². The Labute approximate surface area is 188 Å². The molecule has 3 rings (SSSR count). The van der Waals surface area contributed by atoms with Crippen molar-refractivity contribution in [1.82, 2.24) is 20.3 Å². The summed E-state index contributed by atoms with van der Waals surface area (Å²) in [5.41, 5.74) is 0.223. The lowest BCUT2D eigenvalue weighted by Gasteiger charge is -2.29. The van der Waals surface area contributed by atoms with Crippen LogP contribution in [0.5, 0.6) is 0 Å². The van der Waals surface area contributed by atoms with Crippen LogP contribution in [0.1, 0.15) is 36.8 Å². The topological polar surface area (TPSA) is 66.0 Å². The third-order valence-electron chi connectivity index (χ3n) is 5.17. The predicted octanol–water partition coefficient (Wildman–Crippen LogP) is 5.41. The van der Waals surface area contributed by atoms with Gasteiger partial charge in [-0.15, -0.1) is 0 Å². The summed E-state index contributed by atoms with van der Waals surface area (Å²) in [5.74, 6) is 0.397. The van der Waals surface area contributed by atoms with Crippen LogP contribution in [0.25, 0.3) is 0 Å². The molecule has 1 aromatic carbocycles. The molecule has 0 aliphatic heterocycles. The highest BCUT2D eigenvalue weighted by molar-refractivity contribution is 7.97. The molecule has 5 nitrogen and oxygen atoms in total. The maximum absolute atomic E-state index is 12.9. The van der Waals surface area contributed by atoms with E-state index < -0.39 is 11.7 Å². The van der Waals surface area contributed by atoms with Gasteiger partial charge in [0.15, 0.2) is 0 Å². The second kappa shape index (κ2) is 11.1. The van der Waals surface area contributed by atoms with Crippen LogP contribution in [0, 0.1) is 5.92 Å². The lowest BCUT2D eigenvalue weighted by molar-refractivity contribution is -0.137. The Kier molecular flexibility index (Phi) is 8.45.